The van der Waals surface area contributed by atoms with Gasteiger partial charge in [-0.1, -0.05) is 24.6 Å². The van der Waals surface area contributed by atoms with E-state index >= 15 is 0 Å². The molecule has 0 unspecified atom stereocenters. The molecule has 4 heteroatoms. The Morgan fingerprint density at radius 3 is 2.64 bits per heavy atom. The lowest BCUT2D eigenvalue weighted by Gasteiger charge is -2.25. The maximum absolute atomic E-state index is 12.6. The van der Waals surface area contributed by atoms with Crippen molar-refractivity contribution in [3.05, 3.63) is 70.0 Å². The summed E-state index contributed by atoms with van der Waals surface area (Å²) in [6.07, 6.45) is 8.29. The monoisotopic (exact) mass is 396 g/mol. The van der Waals surface area contributed by atoms with Crippen LogP contribution in [0, 0.1) is 19.7 Å². The molecular weight excluding hydrogens is 367 g/mol. The number of hydrogen-bond donors (Lipinski definition) is 1. The zero-order chi connectivity index (χ0) is 20.1. The van der Waals surface area contributed by atoms with Gasteiger partial charge in [-0.2, -0.15) is 0 Å². The third-order valence-corrected chi connectivity index (χ3v) is 6.62. The molecule has 148 valence electrons. The minimum atomic E-state index is -0.116. The number of thiophene rings is 1. The van der Waals surface area contributed by atoms with Gasteiger partial charge in [-0.15, -0.1) is 11.3 Å². The van der Waals surface area contributed by atoms with Crippen molar-refractivity contribution in [3.63, 3.8) is 0 Å². The van der Waals surface area contributed by atoms with Gasteiger partial charge in [0.1, 0.15) is 5.82 Å². The zero-order valence-electron chi connectivity index (χ0n) is 17.2. The molecule has 4 rings (SSSR count). The van der Waals surface area contributed by atoms with Gasteiger partial charge in [0.2, 0.25) is 0 Å². The highest BCUT2D eigenvalue weighted by Gasteiger charge is 2.22. The second-order valence-electron chi connectivity index (χ2n) is 7.55. The number of aromatic nitrogens is 1. The van der Waals surface area contributed by atoms with Crippen LogP contribution in [0.3, 0.4) is 0 Å². The smallest absolute Gasteiger partial charge is 0.126 e. The topological polar surface area (TPSA) is 24.9 Å². The van der Waals surface area contributed by atoms with E-state index in [1.165, 1.54) is 51.6 Å². The van der Waals surface area contributed by atoms with Crippen molar-refractivity contribution in [2.75, 3.05) is 13.6 Å². The summed E-state index contributed by atoms with van der Waals surface area (Å²) in [5, 5.41) is 3.16. The van der Waals surface area contributed by atoms with Crippen molar-refractivity contribution in [1.82, 2.24) is 10.3 Å². The van der Waals surface area contributed by atoms with Gasteiger partial charge in [-0.3, -0.25) is 4.98 Å². The second kappa shape index (κ2) is 9.44. The molecule has 0 radical (unpaired) electrons. The molecule has 1 saturated carbocycles. The van der Waals surface area contributed by atoms with Crippen LogP contribution in [0.5, 0.6) is 0 Å². The molecule has 1 aliphatic carbocycles. The van der Waals surface area contributed by atoms with E-state index in [9.17, 15) is 4.39 Å². The summed E-state index contributed by atoms with van der Waals surface area (Å²) in [5.74, 6) is 0.661. The third kappa shape index (κ3) is 4.86. The SMILES string of the molecule is CNC/C=C(\C)c1cc2nccc(C3CCC3)c2s1.Cc1ccc(C)c(F)c1. The molecule has 0 aliphatic heterocycles. The third-order valence-electron chi connectivity index (χ3n) is 5.32. The molecule has 2 nitrogen and oxygen atoms in total. The number of nitrogens with zero attached hydrogens (tertiary/aromatic N) is 1. The molecule has 1 N–H and O–H groups in total. The molecule has 0 bridgehead atoms. The predicted molar refractivity (Wildman–Crippen MR) is 120 cm³/mol. The average Bonchev–Trinajstić information content (AvgIpc) is 3.07. The Morgan fingerprint density at radius 2 is 2.04 bits per heavy atom. The summed E-state index contributed by atoms with van der Waals surface area (Å²) in [4.78, 5) is 5.88. The Morgan fingerprint density at radius 1 is 1.25 bits per heavy atom. The van der Waals surface area contributed by atoms with E-state index in [2.05, 4.69) is 35.4 Å². The number of pyridine rings is 1. The molecule has 0 saturated heterocycles. The Hall–Kier alpha value is -2.04. The van der Waals surface area contributed by atoms with Crippen LogP contribution in [-0.4, -0.2) is 18.6 Å². The first-order chi connectivity index (χ1) is 13.5. The highest BCUT2D eigenvalue weighted by Crippen LogP contribution is 2.42. The number of rotatable bonds is 4. The largest absolute Gasteiger partial charge is 0.316 e. The van der Waals surface area contributed by atoms with E-state index in [0.717, 1.165) is 18.0 Å². The van der Waals surface area contributed by atoms with Gasteiger partial charge < -0.3 is 5.32 Å². The minimum absolute atomic E-state index is 0.116. The van der Waals surface area contributed by atoms with Crippen LogP contribution in [0.15, 0.2) is 42.6 Å². The van der Waals surface area contributed by atoms with Gasteiger partial charge in [0, 0.05) is 17.6 Å². The Kier molecular flexibility index (Phi) is 6.97. The van der Waals surface area contributed by atoms with Crippen LogP contribution in [0.25, 0.3) is 15.8 Å². The van der Waals surface area contributed by atoms with Crippen molar-refractivity contribution in [2.45, 2.75) is 46.0 Å². The molecule has 0 amide bonds. The van der Waals surface area contributed by atoms with Crippen molar-refractivity contribution >= 4 is 27.1 Å². The predicted octanol–water partition coefficient (Wildman–Crippen LogP) is 6.63. The van der Waals surface area contributed by atoms with E-state index < -0.39 is 0 Å². The first kappa shape index (κ1) is 20.7. The molecule has 1 aromatic carbocycles. The van der Waals surface area contributed by atoms with E-state index in [1.54, 1.807) is 13.0 Å². The second-order valence-corrected chi connectivity index (χ2v) is 8.60. The van der Waals surface area contributed by atoms with Crippen molar-refractivity contribution < 1.29 is 4.39 Å². The molecule has 0 spiro atoms. The van der Waals surface area contributed by atoms with Crippen LogP contribution in [-0.2, 0) is 0 Å². The van der Waals surface area contributed by atoms with Crippen molar-refractivity contribution in [3.8, 4) is 0 Å². The lowest BCUT2D eigenvalue weighted by molar-refractivity contribution is 0.422. The first-order valence-corrected chi connectivity index (χ1v) is 10.7. The average molecular weight is 397 g/mol. The fourth-order valence-corrected chi connectivity index (χ4v) is 4.45. The van der Waals surface area contributed by atoms with Gasteiger partial charge >= 0.3 is 0 Å². The number of benzene rings is 1. The highest BCUT2D eigenvalue weighted by molar-refractivity contribution is 7.20. The fraction of sp³-hybridized carbons (Fsp3) is 0.375. The van der Waals surface area contributed by atoms with Gasteiger partial charge in [0.05, 0.1) is 10.2 Å². The molecule has 0 atom stereocenters. The molecule has 28 heavy (non-hydrogen) atoms. The number of allylic oxidation sites excluding steroid dienone is 1. The summed E-state index contributed by atoms with van der Waals surface area (Å²) in [6.45, 7) is 6.74. The minimum Gasteiger partial charge on any atom is -0.316 e. The van der Waals surface area contributed by atoms with Crippen LogP contribution < -0.4 is 5.32 Å². The van der Waals surface area contributed by atoms with Gasteiger partial charge in [-0.05, 0) is 87.0 Å². The quantitative estimate of drug-likeness (QED) is 0.535. The number of fused-ring (bicyclic) bond motifs is 1. The van der Waals surface area contributed by atoms with Crippen molar-refractivity contribution in [1.29, 1.82) is 0 Å². The van der Waals surface area contributed by atoms with Crippen molar-refractivity contribution in [2.24, 2.45) is 0 Å². The Balaban J connectivity index is 0.000000211. The van der Waals surface area contributed by atoms with Crippen LogP contribution >= 0.6 is 11.3 Å². The van der Waals surface area contributed by atoms with Gasteiger partial charge in [-0.25, -0.2) is 4.39 Å². The molecular formula is C24H29FN2S. The molecule has 2 heterocycles. The summed E-state index contributed by atoms with van der Waals surface area (Å²) in [5.41, 5.74) is 5.71. The standard InChI is InChI=1S/C16H20N2S.C8H9F/c1-11(6-8-17-2)15-10-14-16(19-15)13(7-9-18-14)12-4-3-5-12;1-6-3-4-7(2)8(9)5-6/h6-7,9-10,12,17H,3-5,8H2,1-2H3;3-5H,1-2H3/b11-6+;. The molecule has 2 aromatic heterocycles. The highest BCUT2D eigenvalue weighted by atomic mass is 32.1. The lowest BCUT2D eigenvalue weighted by atomic mass is 9.80. The van der Waals surface area contributed by atoms with Crippen LogP contribution in [0.1, 0.15) is 53.7 Å². The van der Waals surface area contributed by atoms with E-state index in [-0.39, 0.29) is 5.82 Å². The van der Waals surface area contributed by atoms with E-state index in [0.29, 0.717) is 5.56 Å². The number of hydrogen-bond acceptors (Lipinski definition) is 3. The summed E-state index contributed by atoms with van der Waals surface area (Å²) in [6, 6.07) is 9.68. The summed E-state index contributed by atoms with van der Waals surface area (Å²) < 4.78 is 14.0. The Labute approximate surface area is 171 Å². The normalized spacial score (nSPS) is 14.5. The zero-order valence-corrected chi connectivity index (χ0v) is 18.0. The Bertz CT molecular complexity index is 970. The fourth-order valence-electron chi connectivity index (χ4n) is 3.25. The van der Waals surface area contributed by atoms with E-state index in [1.807, 2.05) is 37.6 Å². The summed E-state index contributed by atoms with van der Waals surface area (Å²) >= 11 is 1.90. The number of halogens is 1. The van der Waals surface area contributed by atoms with Crippen LogP contribution in [0.2, 0.25) is 0 Å². The maximum Gasteiger partial charge on any atom is 0.126 e. The van der Waals surface area contributed by atoms with Crippen LogP contribution in [0.4, 0.5) is 4.39 Å². The molecule has 3 aromatic rings. The first-order valence-electron chi connectivity index (χ1n) is 9.92. The maximum atomic E-state index is 12.6. The number of aryl methyl sites for hydroxylation is 2. The number of likely N-dealkylation sites (N-methyl/N-ethyl adjacent to an activating group) is 1. The molecule has 1 aliphatic rings. The van der Waals surface area contributed by atoms with Gasteiger partial charge in [0.15, 0.2) is 0 Å². The molecule has 1 fully saturated rings. The van der Waals surface area contributed by atoms with E-state index in [4.69, 9.17) is 0 Å². The van der Waals surface area contributed by atoms with Gasteiger partial charge in [0.25, 0.3) is 0 Å². The summed E-state index contributed by atoms with van der Waals surface area (Å²) in [7, 11) is 1.98. The number of nitrogens with one attached hydrogen (secondary N) is 1. The lowest BCUT2D eigenvalue weighted by Crippen LogP contribution is -2.08.